The number of ether oxygens (including phenoxy) is 1. The van der Waals surface area contributed by atoms with Gasteiger partial charge >= 0.3 is 6.61 Å². The summed E-state index contributed by atoms with van der Waals surface area (Å²) in [5, 5.41) is 2.52. The fraction of sp³-hybridized carbons (Fsp3) is 0.0769. The van der Waals surface area contributed by atoms with Crippen molar-refractivity contribution in [2.45, 2.75) is 6.61 Å². The second-order valence-electron chi connectivity index (χ2n) is 3.80. The van der Waals surface area contributed by atoms with Gasteiger partial charge in [0.1, 0.15) is 11.6 Å². The maximum Gasteiger partial charge on any atom is 0.387 e. The minimum Gasteiger partial charge on any atom is -0.434 e. The van der Waals surface area contributed by atoms with E-state index in [4.69, 9.17) is 5.73 Å². The SMILES string of the molecule is Nc1ccc(NC(=O)c2ccccc2OC(F)F)cn1. The first-order chi connectivity index (χ1) is 9.56. The summed E-state index contributed by atoms with van der Waals surface area (Å²) in [6.45, 7) is -3.00. The third kappa shape index (κ3) is 3.41. The fourth-order valence-electron chi connectivity index (χ4n) is 1.53. The Bertz CT molecular complexity index is 603. The highest BCUT2D eigenvalue weighted by Gasteiger charge is 2.15. The van der Waals surface area contributed by atoms with Crippen LogP contribution < -0.4 is 15.8 Å². The summed E-state index contributed by atoms with van der Waals surface area (Å²) in [5.74, 6) is -0.458. The number of anilines is 2. The van der Waals surface area contributed by atoms with E-state index in [1.165, 1.54) is 30.5 Å². The van der Waals surface area contributed by atoms with Crippen molar-refractivity contribution in [2.75, 3.05) is 11.1 Å². The normalized spacial score (nSPS) is 10.3. The van der Waals surface area contributed by atoms with Crippen molar-refractivity contribution >= 4 is 17.4 Å². The van der Waals surface area contributed by atoms with Crippen molar-refractivity contribution in [1.82, 2.24) is 4.98 Å². The van der Waals surface area contributed by atoms with Gasteiger partial charge in [-0.2, -0.15) is 8.78 Å². The molecular weight excluding hydrogens is 268 g/mol. The Morgan fingerprint density at radius 1 is 1.25 bits per heavy atom. The van der Waals surface area contributed by atoms with Crippen molar-refractivity contribution in [1.29, 1.82) is 0 Å². The highest BCUT2D eigenvalue weighted by molar-refractivity contribution is 6.06. The van der Waals surface area contributed by atoms with Gasteiger partial charge in [0.25, 0.3) is 5.91 Å². The van der Waals surface area contributed by atoms with Crippen LogP contribution in [0.25, 0.3) is 0 Å². The number of halogens is 2. The Labute approximate surface area is 113 Å². The zero-order valence-corrected chi connectivity index (χ0v) is 10.2. The van der Waals surface area contributed by atoms with Crippen molar-refractivity contribution in [3.8, 4) is 5.75 Å². The Hall–Kier alpha value is -2.70. The number of nitrogens with two attached hydrogens (primary N) is 1. The number of carbonyl (C=O) groups excluding carboxylic acids is 1. The number of para-hydroxylation sites is 1. The molecule has 1 aromatic heterocycles. The molecule has 2 rings (SSSR count). The quantitative estimate of drug-likeness (QED) is 0.901. The van der Waals surface area contributed by atoms with Gasteiger partial charge in [-0.3, -0.25) is 4.79 Å². The van der Waals surface area contributed by atoms with Gasteiger partial charge < -0.3 is 15.8 Å². The molecule has 7 heteroatoms. The van der Waals surface area contributed by atoms with E-state index >= 15 is 0 Å². The topological polar surface area (TPSA) is 77.2 Å². The van der Waals surface area contributed by atoms with Gasteiger partial charge in [0, 0.05) is 0 Å². The Morgan fingerprint density at radius 3 is 2.65 bits per heavy atom. The standard InChI is InChI=1S/C13H11F2N3O2/c14-13(15)20-10-4-2-1-3-9(10)12(19)18-8-5-6-11(16)17-7-8/h1-7,13H,(H2,16,17)(H,18,19). The first-order valence-electron chi connectivity index (χ1n) is 5.63. The van der Waals surface area contributed by atoms with Crippen LogP contribution in [0.3, 0.4) is 0 Å². The molecule has 0 fully saturated rings. The lowest BCUT2D eigenvalue weighted by Crippen LogP contribution is -2.15. The first-order valence-corrected chi connectivity index (χ1v) is 5.63. The van der Waals surface area contributed by atoms with E-state index in [1.54, 1.807) is 12.1 Å². The summed E-state index contributed by atoms with van der Waals surface area (Å²) in [4.78, 5) is 15.8. The molecule has 5 nitrogen and oxygen atoms in total. The molecule has 0 aliphatic carbocycles. The zero-order chi connectivity index (χ0) is 14.5. The summed E-state index contributed by atoms with van der Waals surface area (Å²) < 4.78 is 28.8. The summed E-state index contributed by atoms with van der Waals surface area (Å²) >= 11 is 0. The molecule has 104 valence electrons. The van der Waals surface area contributed by atoms with Crippen LogP contribution in [0.15, 0.2) is 42.6 Å². The van der Waals surface area contributed by atoms with Crippen LogP contribution in [0.4, 0.5) is 20.3 Å². The molecule has 0 spiro atoms. The highest BCUT2D eigenvalue weighted by Crippen LogP contribution is 2.21. The van der Waals surface area contributed by atoms with Gasteiger partial charge in [0.15, 0.2) is 0 Å². The summed E-state index contributed by atoms with van der Waals surface area (Å²) in [6.07, 6.45) is 1.36. The molecule has 2 aromatic rings. The van der Waals surface area contributed by atoms with E-state index in [2.05, 4.69) is 15.0 Å². The molecule has 1 aromatic carbocycles. The predicted octanol–water partition coefficient (Wildman–Crippen LogP) is 2.52. The van der Waals surface area contributed by atoms with E-state index in [0.717, 1.165) is 0 Å². The van der Waals surface area contributed by atoms with E-state index in [1.807, 2.05) is 0 Å². The number of rotatable bonds is 4. The number of nitrogens with one attached hydrogen (secondary N) is 1. The van der Waals surface area contributed by atoms with E-state index in [9.17, 15) is 13.6 Å². The molecule has 0 atom stereocenters. The van der Waals surface area contributed by atoms with Crippen molar-refractivity contribution in [3.05, 3.63) is 48.2 Å². The van der Waals surface area contributed by atoms with E-state index < -0.39 is 12.5 Å². The third-order valence-electron chi connectivity index (χ3n) is 2.39. The lowest BCUT2D eigenvalue weighted by molar-refractivity contribution is -0.0501. The molecular formula is C13H11F2N3O2. The molecule has 0 aliphatic heterocycles. The predicted molar refractivity (Wildman–Crippen MR) is 69.7 cm³/mol. The molecule has 0 saturated carbocycles. The molecule has 0 radical (unpaired) electrons. The minimum absolute atomic E-state index is 0.00428. The van der Waals surface area contributed by atoms with Crippen LogP contribution in [0.1, 0.15) is 10.4 Å². The monoisotopic (exact) mass is 279 g/mol. The molecule has 0 unspecified atom stereocenters. The summed E-state index contributed by atoms with van der Waals surface area (Å²) in [5.41, 5.74) is 5.82. The van der Waals surface area contributed by atoms with Crippen molar-refractivity contribution < 1.29 is 18.3 Å². The Morgan fingerprint density at radius 2 is 2.00 bits per heavy atom. The maximum atomic E-state index is 12.3. The van der Waals surface area contributed by atoms with Gasteiger partial charge in [-0.15, -0.1) is 0 Å². The van der Waals surface area contributed by atoms with Crippen LogP contribution in [0.5, 0.6) is 5.75 Å². The fourth-order valence-corrected chi connectivity index (χ4v) is 1.53. The molecule has 1 heterocycles. The smallest absolute Gasteiger partial charge is 0.387 e. The number of hydrogen-bond donors (Lipinski definition) is 2. The van der Waals surface area contributed by atoms with E-state index in [-0.39, 0.29) is 11.3 Å². The number of nitrogen functional groups attached to an aromatic ring is 1. The van der Waals surface area contributed by atoms with Crippen molar-refractivity contribution in [3.63, 3.8) is 0 Å². The molecule has 0 aliphatic rings. The van der Waals surface area contributed by atoms with Crippen LogP contribution in [0, 0.1) is 0 Å². The van der Waals surface area contributed by atoms with E-state index in [0.29, 0.717) is 11.5 Å². The largest absolute Gasteiger partial charge is 0.434 e. The molecule has 3 N–H and O–H groups in total. The maximum absolute atomic E-state index is 12.3. The van der Waals surface area contributed by atoms with Crippen LogP contribution >= 0.6 is 0 Å². The lowest BCUT2D eigenvalue weighted by Gasteiger charge is -2.10. The van der Waals surface area contributed by atoms with Crippen LogP contribution in [0.2, 0.25) is 0 Å². The Balaban J connectivity index is 2.18. The average molecular weight is 279 g/mol. The summed E-state index contributed by atoms with van der Waals surface area (Å²) in [6, 6.07) is 8.79. The number of nitrogens with zero attached hydrogens (tertiary/aromatic N) is 1. The number of alkyl halides is 2. The van der Waals surface area contributed by atoms with Gasteiger partial charge in [0.2, 0.25) is 0 Å². The van der Waals surface area contributed by atoms with Crippen LogP contribution in [-0.2, 0) is 0 Å². The number of amides is 1. The number of carbonyl (C=O) groups is 1. The zero-order valence-electron chi connectivity index (χ0n) is 10.2. The van der Waals surface area contributed by atoms with Gasteiger partial charge in [-0.25, -0.2) is 4.98 Å². The van der Waals surface area contributed by atoms with Crippen LogP contribution in [-0.4, -0.2) is 17.5 Å². The molecule has 0 bridgehead atoms. The van der Waals surface area contributed by atoms with Gasteiger partial charge in [-0.05, 0) is 24.3 Å². The minimum atomic E-state index is -3.00. The average Bonchev–Trinajstić information content (AvgIpc) is 2.41. The summed E-state index contributed by atoms with van der Waals surface area (Å²) in [7, 11) is 0. The number of benzene rings is 1. The number of hydrogen-bond acceptors (Lipinski definition) is 4. The van der Waals surface area contributed by atoms with Crippen molar-refractivity contribution in [2.24, 2.45) is 0 Å². The number of aromatic nitrogens is 1. The molecule has 0 saturated heterocycles. The number of pyridine rings is 1. The second-order valence-corrected chi connectivity index (χ2v) is 3.80. The molecule has 20 heavy (non-hydrogen) atoms. The third-order valence-corrected chi connectivity index (χ3v) is 2.39. The van der Waals surface area contributed by atoms with Gasteiger partial charge in [-0.1, -0.05) is 12.1 Å². The highest BCUT2D eigenvalue weighted by atomic mass is 19.3. The first kappa shape index (κ1) is 13.7. The second kappa shape index (κ2) is 5.96. The molecule has 1 amide bonds. The Kier molecular flexibility index (Phi) is 4.09. The van der Waals surface area contributed by atoms with Gasteiger partial charge in [0.05, 0.1) is 17.4 Å². The lowest BCUT2D eigenvalue weighted by atomic mass is 10.2.